The molecule has 0 unspecified atom stereocenters. The van der Waals surface area contributed by atoms with E-state index in [4.69, 9.17) is 0 Å². The molecule has 1 aliphatic heterocycles. The molecule has 0 aromatic heterocycles. The lowest BCUT2D eigenvalue weighted by Crippen LogP contribution is -2.45. The average molecular weight is 256 g/mol. The lowest BCUT2D eigenvalue weighted by molar-refractivity contribution is -0.122. The number of rotatable bonds is 6. The van der Waals surface area contributed by atoms with Crippen LogP contribution < -0.4 is 5.32 Å². The molecule has 1 rings (SSSR count). The molecule has 0 spiro atoms. The first-order chi connectivity index (χ1) is 8.53. The topological polar surface area (TPSA) is 52.6 Å². The summed E-state index contributed by atoms with van der Waals surface area (Å²) >= 11 is 0. The van der Waals surface area contributed by atoms with Gasteiger partial charge in [0.25, 0.3) is 0 Å². The van der Waals surface area contributed by atoms with Crippen LogP contribution >= 0.6 is 0 Å². The minimum atomic E-state index is -0.534. The molecular formula is C14H28N2O2. The van der Waals surface area contributed by atoms with Gasteiger partial charge in [-0.15, -0.1) is 0 Å². The van der Waals surface area contributed by atoms with Gasteiger partial charge in [0.05, 0.1) is 5.60 Å². The summed E-state index contributed by atoms with van der Waals surface area (Å²) in [4.78, 5) is 13.7. The molecule has 1 saturated heterocycles. The van der Waals surface area contributed by atoms with E-state index in [1.165, 1.54) is 0 Å². The van der Waals surface area contributed by atoms with Crippen LogP contribution in [0.1, 0.15) is 46.0 Å². The van der Waals surface area contributed by atoms with Gasteiger partial charge in [-0.05, 0) is 44.7 Å². The summed E-state index contributed by atoms with van der Waals surface area (Å²) in [5.41, 5.74) is -0.534. The Labute approximate surface area is 111 Å². The Morgan fingerprint density at radius 1 is 1.33 bits per heavy atom. The van der Waals surface area contributed by atoms with Crippen LogP contribution in [0.3, 0.4) is 0 Å². The minimum absolute atomic E-state index is 0.145. The third-order valence-corrected chi connectivity index (χ3v) is 4.29. The van der Waals surface area contributed by atoms with Gasteiger partial charge in [-0.1, -0.05) is 13.8 Å². The highest BCUT2D eigenvalue weighted by atomic mass is 16.3. The molecule has 1 amide bonds. The maximum atomic E-state index is 11.3. The summed E-state index contributed by atoms with van der Waals surface area (Å²) in [7, 11) is 1.69. The van der Waals surface area contributed by atoms with E-state index in [2.05, 4.69) is 10.2 Å². The third kappa shape index (κ3) is 4.58. The normalized spacial score (nSPS) is 18.9. The molecule has 2 N–H and O–H groups in total. The fourth-order valence-electron chi connectivity index (χ4n) is 2.60. The van der Waals surface area contributed by atoms with Crippen molar-refractivity contribution in [2.24, 2.45) is 5.92 Å². The first-order valence-electron chi connectivity index (χ1n) is 7.18. The SMILES string of the molecule is CCC(O)(CC)CN1CCC(CC(=O)NC)CC1. The van der Waals surface area contributed by atoms with Crippen molar-refractivity contribution < 1.29 is 9.90 Å². The first-order valence-corrected chi connectivity index (χ1v) is 7.18. The van der Waals surface area contributed by atoms with Crippen molar-refractivity contribution in [3.63, 3.8) is 0 Å². The molecule has 0 radical (unpaired) electrons. The summed E-state index contributed by atoms with van der Waals surface area (Å²) in [6, 6.07) is 0. The Morgan fingerprint density at radius 2 is 1.89 bits per heavy atom. The van der Waals surface area contributed by atoms with Crippen molar-refractivity contribution in [3.05, 3.63) is 0 Å². The van der Waals surface area contributed by atoms with Crippen LogP contribution in [0.25, 0.3) is 0 Å². The quantitative estimate of drug-likeness (QED) is 0.755. The Morgan fingerprint density at radius 3 is 2.33 bits per heavy atom. The van der Waals surface area contributed by atoms with Gasteiger partial charge in [0.1, 0.15) is 0 Å². The minimum Gasteiger partial charge on any atom is -0.389 e. The van der Waals surface area contributed by atoms with Crippen LogP contribution in [0, 0.1) is 5.92 Å². The van der Waals surface area contributed by atoms with Crippen LogP contribution in [0.15, 0.2) is 0 Å². The molecule has 1 heterocycles. The van der Waals surface area contributed by atoms with Gasteiger partial charge in [0.2, 0.25) is 5.91 Å². The number of nitrogens with zero attached hydrogens (tertiary/aromatic N) is 1. The summed E-state index contributed by atoms with van der Waals surface area (Å²) in [5, 5.41) is 13.0. The van der Waals surface area contributed by atoms with Crippen molar-refractivity contribution in [1.29, 1.82) is 0 Å². The molecule has 0 aromatic rings. The third-order valence-electron chi connectivity index (χ3n) is 4.29. The predicted octanol–water partition coefficient (Wildman–Crippen LogP) is 1.39. The van der Waals surface area contributed by atoms with E-state index in [0.717, 1.165) is 45.3 Å². The second-order valence-corrected chi connectivity index (χ2v) is 5.53. The van der Waals surface area contributed by atoms with Crippen LogP contribution in [0.4, 0.5) is 0 Å². The van der Waals surface area contributed by atoms with E-state index in [1.807, 2.05) is 13.8 Å². The van der Waals surface area contributed by atoms with Gasteiger partial charge in [-0.3, -0.25) is 4.79 Å². The second-order valence-electron chi connectivity index (χ2n) is 5.53. The van der Waals surface area contributed by atoms with Crippen LogP contribution in [0.5, 0.6) is 0 Å². The van der Waals surface area contributed by atoms with Gasteiger partial charge in [-0.25, -0.2) is 0 Å². The van der Waals surface area contributed by atoms with Crippen molar-refractivity contribution in [1.82, 2.24) is 10.2 Å². The highest BCUT2D eigenvalue weighted by Gasteiger charge is 2.28. The zero-order valence-electron chi connectivity index (χ0n) is 12.0. The van der Waals surface area contributed by atoms with E-state index in [0.29, 0.717) is 12.3 Å². The highest BCUT2D eigenvalue weighted by molar-refractivity contribution is 5.75. The zero-order valence-corrected chi connectivity index (χ0v) is 12.0. The molecule has 0 bridgehead atoms. The molecule has 106 valence electrons. The number of hydrogen-bond donors (Lipinski definition) is 2. The Kier molecular flexibility index (Phi) is 6.09. The lowest BCUT2D eigenvalue weighted by Gasteiger charge is -2.37. The van der Waals surface area contributed by atoms with E-state index in [-0.39, 0.29) is 5.91 Å². The van der Waals surface area contributed by atoms with Gasteiger partial charge in [0, 0.05) is 20.0 Å². The fourth-order valence-corrected chi connectivity index (χ4v) is 2.60. The van der Waals surface area contributed by atoms with Crippen LogP contribution in [0.2, 0.25) is 0 Å². The van der Waals surface area contributed by atoms with Crippen molar-refractivity contribution in [2.75, 3.05) is 26.7 Å². The standard InChI is InChI=1S/C14H28N2O2/c1-4-14(18,5-2)11-16-8-6-12(7-9-16)10-13(17)15-3/h12,18H,4-11H2,1-3H3,(H,15,17). The number of amides is 1. The molecule has 0 atom stereocenters. The monoisotopic (exact) mass is 256 g/mol. The highest BCUT2D eigenvalue weighted by Crippen LogP contribution is 2.23. The van der Waals surface area contributed by atoms with E-state index >= 15 is 0 Å². The molecule has 1 fully saturated rings. The number of likely N-dealkylation sites (tertiary alicyclic amines) is 1. The van der Waals surface area contributed by atoms with E-state index in [9.17, 15) is 9.90 Å². The molecule has 4 heteroatoms. The summed E-state index contributed by atoms with van der Waals surface area (Å²) in [6.45, 7) is 6.87. The van der Waals surface area contributed by atoms with Crippen molar-refractivity contribution in [3.8, 4) is 0 Å². The van der Waals surface area contributed by atoms with Gasteiger partial charge in [-0.2, -0.15) is 0 Å². The molecule has 18 heavy (non-hydrogen) atoms. The second kappa shape index (κ2) is 7.10. The van der Waals surface area contributed by atoms with Gasteiger partial charge < -0.3 is 15.3 Å². The Balaban J connectivity index is 2.33. The largest absolute Gasteiger partial charge is 0.389 e. The number of nitrogens with one attached hydrogen (secondary N) is 1. The Hall–Kier alpha value is -0.610. The smallest absolute Gasteiger partial charge is 0.220 e. The maximum Gasteiger partial charge on any atom is 0.220 e. The number of β-amino-alcohol motifs (C(OH)–C–C–N with tert-alkyl or cyclic N) is 1. The zero-order chi connectivity index (χ0) is 13.6. The summed E-state index contributed by atoms with van der Waals surface area (Å²) in [6.07, 6.45) is 4.40. The summed E-state index contributed by atoms with van der Waals surface area (Å²) < 4.78 is 0. The number of hydrogen-bond acceptors (Lipinski definition) is 3. The van der Waals surface area contributed by atoms with Crippen LogP contribution in [-0.2, 0) is 4.79 Å². The molecule has 1 aliphatic rings. The molecule has 0 aliphatic carbocycles. The van der Waals surface area contributed by atoms with Gasteiger partial charge >= 0.3 is 0 Å². The number of aliphatic hydroxyl groups is 1. The summed E-state index contributed by atoms with van der Waals surface area (Å²) in [5.74, 6) is 0.657. The molecule has 0 aromatic carbocycles. The average Bonchev–Trinajstić information content (AvgIpc) is 2.40. The van der Waals surface area contributed by atoms with Crippen molar-refractivity contribution in [2.45, 2.75) is 51.6 Å². The molecule has 0 saturated carbocycles. The Bertz CT molecular complexity index is 257. The predicted molar refractivity (Wildman–Crippen MR) is 73.4 cm³/mol. The molecule has 4 nitrogen and oxygen atoms in total. The maximum absolute atomic E-state index is 11.3. The first kappa shape index (κ1) is 15.4. The van der Waals surface area contributed by atoms with Gasteiger partial charge in [0.15, 0.2) is 0 Å². The van der Waals surface area contributed by atoms with Crippen LogP contribution in [-0.4, -0.2) is 48.2 Å². The molecular weight excluding hydrogens is 228 g/mol. The number of carbonyl (C=O) groups is 1. The number of carbonyl (C=O) groups excluding carboxylic acids is 1. The lowest BCUT2D eigenvalue weighted by atomic mass is 9.91. The van der Waals surface area contributed by atoms with Crippen molar-refractivity contribution >= 4 is 5.91 Å². The number of piperidine rings is 1. The fraction of sp³-hybridized carbons (Fsp3) is 0.929. The van der Waals surface area contributed by atoms with E-state index in [1.54, 1.807) is 7.05 Å². The van der Waals surface area contributed by atoms with E-state index < -0.39 is 5.60 Å².